The van der Waals surface area contributed by atoms with Crippen LogP contribution in [-0.2, 0) is 5.41 Å². The van der Waals surface area contributed by atoms with Crippen molar-refractivity contribution in [3.63, 3.8) is 0 Å². The fourth-order valence-corrected chi connectivity index (χ4v) is 5.62. The number of benzene rings is 2. The van der Waals surface area contributed by atoms with E-state index in [9.17, 15) is 0 Å². The van der Waals surface area contributed by atoms with E-state index in [0.717, 1.165) is 33.4 Å². The minimum Gasteiger partial charge on any atom is -0.492 e. The highest BCUT2D eigenvalue weighted by Gasteiger charge is 2.28. The van der Waals surface area contributed by atoms with Crippen molar-refractivity contribution in [2.45, 2.75) is 39.0 Å². The topological polar surface area (TPSA) is 48.2 Å². The van der Waals surface area contributed by atoms with Gasteiger partial charge in [-0.2, -0.15) is 0 Å². The summed E-state index contributed by atoms with van der Waals surface area (Å²) in [4.78, 5) is 9.18. The molecule has 0 spiro atoms. The quantitative estimate of drug-likeness (QED) is 0.295. The maximum Gasteiger partial charge on any atom is 0.231 e. The van der Waals surface area contributed by atoms with Crippen LogP contribution in [0.4, 0.5) is 0 Å². The van der Waals surface area contributed by atoms with Crippen LogP contribution in [-0.4, -0.2) is 16.6 Å². The van der Waals surface area contributed by atoms with E-state index in [0.29, 0.717) is 18.2 Å². The highest BCUT2D eigenvalue weighted by molar-refractivity contribution is 7.17. The van der Waals surface area contributed by atoms with Gasteiger partial charge in [-0.3, -0.25) is 0 Å². The van der Waals surface area contributed by atoms with E-state index in [1.807, 2.05) is 6.07 Å². The van der Waals surface area contributed by atoms with Crippen LogP contribution in [0, 0.1) is 0 Å². The molecule has 6 rings (SSSR count). The number of hydrogen-bond donors (Lipinski definition) is 0. The van der Waals surface area contributed by atoms with E-state index in [1.165, 1.54) is 21.2 Å². The van der Waals surface area contributed by atoms with Gasteiger partial charge in [0.2, 0.25) is 5.71 Å². The third kappa shape index (κ3) is 2.45. The van der Waals surface area contributed by atoms with Gasteiger partial charge in [0.1, 0.15) is 17.7 Å². The Morgan fingerprint density at radius 3 is 2.77 bits per heavy atom. The predicted molar refractivity (Wildman–Crippen MR) is 123 cm³/mol. The van der Waals surface area contributed by atoms with Crippen LogP contribution in [0.25, 0.3) is 43.4 Å². The van der Waals surface area contributed by atoms with Gasteiger partial charge in [-0.25, -0.2) is 9.97 Å². The molecule has 5 heteroatoms. The highest BCUT2D eigenvalue weighted by Crippen LogP contribution is 2.46. The molecular weight excluding hydrogens is 392 g/mol. The van der Waals surface area contributed by atoms with Crippen molar-refractivity contribution in [3.8, 4) is 17.0 Å². The number of fused-ring (bicyclic) bond motifs is 6. The number of aromatic nitrogens is 2. The van der Waals surface area contributed by atoms with E-state index in [1.54, 1.807) is 17.7 Å². The Bertz CT molecular complexity index is 1460. The lowest BCUT2D eigenvalue weighted by molar-refractivity contribution is 0.340. The SMILES string of the molecule is CC1COc2c1ccc1oc3ncnc(-c4cc(C(C)(C)C)c5sccc5c4)c3c21. The fraction of sp³-hybridized carbons (Fsp3) is 0.280. The van der Waals surface area contributed by atoms with Crippen molar-refractivity contribution in [3.05, 3.63) is 53.2 Å². The van der Waals surface area contributed by atoms with Gasteiger partial charge in [0, 0.05) is 21.7 Å². The summed E-state index contributed by atoms with van der Waals surface area (Å²) in [7, 11) is 0. The van der Waals surface area contributed by atoms with E-state index in [2.05, 4.69) is 62.3 Å². The summed E-state index contributed by atoms with van der Waals surface area (Å²) in [5.41, 5.74) is 5.98. The molecule has 0 radical (unpaired) electrons. The lowest BCUT2D eigenvalue weighted by Gasteiger charge is -2.21. The summed E-state index contributed by atoms with van der Waals surface area (Å²) < 4.78 is 13.6. The van der Waals surface area contributed by atoms with Crippen molar-refractivity contribution >= 4 is 43.5 Å². The van der Waals surface area contributed by atoms with Crippen molar-refractivity contribution in [2.24, 2.45) is 0 Å². The van der Waals surface area contributed by atoms with Crippen LogP contribution in [0.2, 0.25) is 0 Å². The van der Waals surface area contributed by atoms with Crippen LogP contribution in [0.5, 0.6) is 5.75 Å². The third-order valence-corrected chi connectivity index (χ3v) is 7.02. The fourth-order valence-electron chi connectivity index (χ4n) is 4.52. The molecule has 2 aromatic carbocycles. The van der Waals surface area contributed by atoms with E-state index in [-0.39, 0.29) is 5.41 Å². The zero-order valence-electron chi connectivity index (χ0n) is 17.4. The van der Waals surface area contributed by atoms with Crippen molar-refractivity contribution in [1.29, 1.82) is 0 Å². The number of rotatable bonds is 1. The second kappa shape index (κ2) is 6.05. The third-order valence-electron chi connectivity index (χ3n) is 6.06. The second-order valence-electron chi connectivity index (χ2n) is 9.19. The zero-order valence-corrected chi connectivity index (χ0v) is 18.3. The molecule has 0 aliphatic carbocycles. The lowest BCUT2D eigenvalue weighted by atomic mass is 9.85. The Hall–Kier alpha value is -2.92. The molecule has 0 saturated carbocycles. The van der Waals surface area contributed by atoms with Gasteiger partial charge in [-0.1, -0.05) is 33.8 Å². The summed E-state index contributed by atoms with van der Waals surface area (Å²) in [6, 6.07) is 10.8. The van der Waals surface area contributed by atoms with Crippen molar-refractivity contribution in [2.75, 3.05) is 6.61 Å². The molecule has 1 aliphatic heterocycles. The molecule has 1 atom stereocenters. The number of thiophene rings is 1. The van der Waals surface area contributed by atoms with E-state index >= 15 is 0 Å². The summed E-state index contributed by atoms with van der Waals surface area (Å²) in [5, 5.41) is 5.34. The maximum absolute atomic E-state index is 6.12. The molecule has 5 aromatic rings. The number of nitrogens with zero attached hydrogens (tertiary/aromatic N) is 2. The Kier molecular flexibility index (Phi) is 3.61. The standard InChI is InChI=1S/C25H22N2O2S/c1-13-11-28-22-16(13)5-6-18-19(22)20-21(26-12-27-24(20)29-18)15-9-14-7-8-30-23(14)17(10-15)25(2,3)4/h5-10,12-13H,11H2,1-4H3. The first-order valence-corrected chi connectivity index (χ1v) is 11.1. The minimum absolute atomic E-state index is 0.0313. The van der Waals surface area contributed by atoms with Gasteiger partial charge in [-0.05, 0) is 46.0 Å². The number of ether oxygens (including phenoxy) is 1. The summed E-state index contributed by atoms with van der Waals surface area (Å²) in [6.45, 7) is 9.67. The monoisotopic (exact) mass is 414 g/mol. The Morgan fingerprint density at radius 2 is 1.93 bits per heavy atom. The van der Waals surface area contributed by atoms with E-state index in [4.69, 9.17) is 14.1 Å². The van der Waals surface area contributed by atoms with E-state index < -0.39 is 0 Å². The summed E-state index contributed by atoms with van der Waals surface area (Å²) in [5.74, 6) is 1.29. The minimum atomic E-state index is 0.0313. The summed E-state index contributed by atoms with van der Waals surface area (Å²) in [6.07, 6.45) is 1.60. The first kappa shape index (κ1) is 17.9. The summed E-state index contributed by atoms with van der Waals surface area (Å²) >= 11 is 1.80. The molecule has 3 aromatic heterocycles. The molecule has 0 saturated heterocycles. The zero-order chi connectivity index (χ0) is 20.6. The highest BCUT2D eigenvalue weighted by atomic mass is 32.1. The Morgan fingerprint density at radius 1 is 1.07 bits per heavy atom. The molecule has 30 heavy (non-hydrogen) atoms. The molecule has 0 fully saturated rings. The number of hydrogen-bond acceptors (Lipinski definition) is 5. The van der Waals surface area contributed by atoms with Gasteiger partial charge in [0.25, 0.3) is 0 Å². The first-order valence-electron chi connectivity index (χ1n) is 10.3. The molecule has 0 amide bonds. The van der Waals surface area contributed by atoms with Gasteiger partial charge in [-0.15, -0.1) is 11.3 Å². The van der Waals surface area contributed by atoms with Gasteiger partial charge < -0.3 is 9.15 Å². The average Bonchev–Trinajstić information content (AvgIpc) is 3.42. The van der Waals surface area contributed by atoms with Gasteiger partial charge >= 0.3 is 0 Å². The van der Waals surface area contributed by atoms with Gasteiger partial charge in [0.15, 0.2) is 0 Å². The van der Waals surface area contributed by atoms with Crippen LogP contribution in [0.3, 0.4) is 0 Å². The van der Waals surface area contributed by atoms with Crippen molar-refractivity contribution in [1.82, 2.24) is 9.97 Å². The molecule has 0 bridgehead atoms. The van der Waals surface area contributed by atoms with Crippen LogP contribution in [0.15, 0.2) is 46.5 Å². The molecule has 4 heterocycles. The second-order valence-corrected chi connectivity index (χ2v) is 10.1. The molecule has 150 valence electrons. The van der Waals surface area contributed by atoms with Crippen LogP contribution < -0.4 is 4.74 Å². The average molecular weight is 415 g/mol. The molecule has 1 unspecified atom stereocenters. The number of furan rings is 1. The molecule has 4 nitrogen and oxygen atoms in total. The molecule has 1 aliphatic rings. The van der Waals surface area contributed by atoms with Crippen molar-refractivity contribution < 1.29 is 9.15 Å². The predicted octanol–water partition coefficient (Wildman–Crippen LogP) is 7.05. The maximum atomic E-state index is 6.12. The van der Waals surface area contributed by atoms with Crippen LogP contribution >= 0.6 is 11.3 Å². The molecule has 0 N–H and O–H groups in total. The lowest BCUT2D eigenvalue weighted by Crippen LogP contribution is -2.11. The normalized spacial score (nSPS) is 16.5. The smallest absolute Gasteiger partial charge is 0.231 e. The van der Waals surface area contributed by atoms with Crippen LogP contribution in [0.1, 0.15) is 44.7 Å². The molecular formula is C25H22N2O2S. The first-order chi connectivity index (χ1) is 14.4. The van der Waals surface area contributed by atoms with Gasteiger partial charge in [0.05, 0.1) is 23.1 Å². The Labute approximate surface area is 178 Å². The Balaban J connectivity index is 1.72. The largest absolute Gasteiger partial charge is 0.492 e.